The van der Waals surface area contributed by atoms with E-state index in [0.717, 1.165) is 11.1 Å². The lowest BCUT2D eigenvalue weighted by atomic mass is 10.1. The van der Waals surface area contributed by atoms with Crippen molar-refractivity contribution < 1.29 is 13.2 Å². The van der Waals surface area contributed by atoms with Crippen molar-refractivity contribution in [3.05, 3.63) is 64.7 Å². The summed E-state index contributed by atoms with van der Waals surface area (Å²) in [7, 11) is -3.21. The number of benzene rings is 2. The van der Waals surface area contributed by atoms with Gasteiger partial charge in [0.2, 0.25) is 5.91 Å². The number of carbonyl (C=O) groups excluding carboxylic acids is 1. The molecule has 0 spiro atoms. The molecule has 2 aromatic carbocycles. The van der Waals surface area contributed by atoms with Crippen LogP contribution in [0.4, 0.5) is 0 Å². The van der Waals surface area contributed by atoms with Gasteiger partial charge in [-0.15, -0.1) is 0 Å². The molecule has 0 saturated heterocycles. The molecule has 0 heterocycles. The maximum atomic E-state index is 12.1. The molecule has 0 aromatic heterocycles. The summed E-state index contributed by atoms with van der Waals surface area (Å²) in [6.45, 7) is 1.87. The molecule has 4 nitrogen and oxygen atoms in total. The first-order valence-electron chi connectivity index (χ1n) is 7.59. The van der Waals surface area contributed by atoms with Gasteiger partial charge in [0, 0.05) is 17.7 Å². The van der Waals surface area contributed by atoms with Crippen molar-refractivity contribution in [3.8, 4) is 0 Å². The first-order valence-corrected chi connectivity index (χ1v) is 9.86. The smallest absolute Gasteiger partial charge is 0.220 e. The minimum Gasteiger partial charge on any atom is -0.350 e. The Kier molecular flexibility index (Phi) is 6.02. The second-order valence-electron chi connectivity index (χ2n) is 5.76. The summed E-state index contributed by atoms with van der Waals surface area (Å²) in [5.74, 6) is -0.0513. The highest BCUT2D eigenvalue weighted by atomic mass is 35.5. The molecule has 2 aromatic rings. The molecule has 0 radical (unpaired) electrons. The molecule has 24 heavy (non-hydrogen) atoms. The van der Waals surface area contributed by atoms with Gasteiger partial charge in [0.1, 0.15) is 0 Å². The largest absolute Gasteiger partial charge is 0.350 e. The van der Waals surface area contributed by atoms with Crippen LogP contribution < -0.4 is 5.32 Å². The highest BCUT2D eigenvalue weighted by Gasteiger charge is 2.12. The monoisotopic (exact) mass is 365 g/mol. The van der Waals surface area contributed by atoms with E-state index in [0.29, 0.717) is 17.9 Å². The van der Waals surface area contributed by atoms with Gasteiger partial charge in [-0.1, -0.05) is 35.9 Å². The molecule has 0 aliphatic rings. The van der Waals surface area contributed by atoms with E-state index in [1.165, 1.54) is 6.26 Å². The predicted molar refractivity (Wildman–Crippen MR) is 95.9 cm³/mol. The Hall–Kier alpha value is -1.85. The second kappa shape index (κ2) is 7.81. The zero-order chi connectivity index (χ0) is 17.7. The molecule has 128 valence electrons. The summed E-state index contributed by atoms with van der Waals surface area (Å²) < 4.78 is 22.9. The number of aryl methyl sites for hydroxylation is 1. The maximum absolute atomic E-state index is 12.1. The standard InChI is InChI=1S/C18H20ClNO3S/c1-13(15-6-10-17(11-7-15)24(2,22)23)20-18(21)12-5-14-3-8-16(19)9-4-14/h3-4,6-11,13H,5,12H2,1-2H3,(H,20,21)/t13-/m0/s1. The Morgan fingerprint density at radius 3 is 2.21 bits per heavy atom. The van der Waals surface area contributed by atoms with Gasteiger partial charge in [0.25, 0.3) is 0 Å². The van der Waals surface area contributed by atoms with Crippen molar-refractivity contribution in [1.82, 2.24) is 5.32 Å². The summed E-state index contributed by atoms with van der Waals surface area (Å²) >= 11 is 5.83. The van der Waals surface area contributed by atoms with E-state index in [-0.39, 0.29) is 16.8 Å². The molecular formula is C18H20ClNO3S. The van der Waals surface area contributed by atoms with Crippen molar-refractivity contribution in [2.24, 2.45) is 0 Å². The van der Waals surface area contributed by atoms with E-state index in [1.807, 2.05) is 19.1 Å². The molecule has 1 atom stereocenters. The van der Waals surface area contributed by atoms with Crippen molar-refractivity contribution in [2.75, 3.05) is 6.26 Å². The van der Waals surface area contributed by atoms with Crippen LogP contribution in [0.1, 0.15) is 30.5 Å². The minimum absolute atomic E-state index is 0.0513. The van der Waals surface area contributed by atoms with Gasteiger partial charge in [-0.3, -0.25) is 4.79 Å². The molecule has 6 heteroatoms. The molecular weight excluding hydrogens is 346 g/mol. The van der Waals surface area contributed by atoms with Crippen molar-refractivity contribution in [1.29, 1.82) is 0 Å². The highest BCUT2D eigenvalue weighted by molar-refractivity contribution is 7.90. The Labute approximate surface area is 147 Å². The number of amides is 1. The van der Waals surface area contributed by atoms with E-state index in [9.17, 15) is 13.2 Å². The van der Waals surface area contributed by atoms with Gasteiger partial charge in [0.15, 0.2) is 9.84 Å². The third-order valence-electron chi connectivity index (χ3n) is 3.74. The number of carbonyl (C=O) groups is 1. The zero-order valence-corrected chi connectivity index (χ0v) is 15.2. The number of sulfone groups is 1. The van der Waals surface area contributed by atoms with Crippen molar-refractivity contribution >= 4 is 27.3 Å². The molecule has 1 N–H and O–H groups in total. The van der Waals surface area contributed by atoms with Crippen LogP contribution in [0, 0.1) is 0 Å². The average molecular weight is 366 g/mol. The zero-order valence-electron chi connectivity index (χ0n) is 13.6. The summed E-state index contributed by atoms with van der Waals surface area (Å²) in [5, 5.41) is 3.60. The van der Waals surface area contributed by atoms with Crippen LogP contribution >= 0.6 is 11.6 Å². The topological polar surface area (TPSA) is 63.2 Å². The molecule has 0 bridgehead atoms. The van der Waals surface area contributed by atoms with Crippen molar-refractivity contribution in [3.63, 3.8) is 0 Å². The first-order chi connectivity index (χ1) is 11.3. The third-order valence-corrected chi connectivity index (χ3v) is 5.12. The maximum Gasteiger partial charge on any atom is 0.220 e. The van der Waals surface area contributed by atoms with Gasteiger partial charge >= 0.3 is 0 Å². The molecule has 1 amide bonds. The van der Waals surface area contributed by atoms with Crippen LogP contribution in [-0.2, 0) is 21.1 Å². The predicted octanol–water partition coefficient (Wildman–Crippen LogP) is 3.55. The fourth-order valence-electron chi connectivity index (χ4n) is 2.31. The molecule has 0 aliphatic heterocycles. The van der Waals surface area contributed by atoms with E-state index in [1.54, 1.807) is 36.4 Å². The lowest BCUT2D eigenvalue weighted by Crippen LogP contribution is -2.26. The van der Waals surface area contributed by atoms with E-state index in [2.05, 4.69) is 5.32 Å². The SMILES string of the molecule is C[C@H](NC(=O)CCc1ccc(Cl)cc1)c1ccc(S(C)(=O)=O)cc1. The normalized spacial score (nSPS) is 12.6. The van der Waals surface area contributed by atoms with Gasteiger partial charge < -0.3 is 5.32 Å². The third kappa shape index (κ3) is 5.35. The number of rotatable bonds is 6. The average Bonchev–Trinajstić information content (AvgIpc) is 2.53. The number of hydrogen-bond acceptors (Lipinski definition) is 3. The van der Waals surface area contributed by atoms with Gasteiger partial charge in [0.05, 0.1) is 10.9 Å². The molecule has 2 rings (SSSR count). The van der Waals surface area contributed by atoms with Crippen LogP contribution in [0.15, 0.2) is 53.4 Å². The Bertz CT molecular complexity index is 799. The van der Waals surface area contributed by atoms with Crippen LogP contribution in [0.3, 0.4) is 0 Å². The summed E-state index contributed by atoms with van der Waals surface area (Å²) in [5.41, 5.74) is 1.92. The fourth-order valence-corrected chi connectivity index (χ4v) is 3.07. The minimum atomic E-state index is -3.21. The van der Waals surface area contributed by atoms with Crippen LogP contribution in [0.25, 0.3) is 0 Å². The lowest BCUT2D eigenvalue weighted by molar-refractivity contribution is -0.121. The summed E-state index contributed by atoms with van der Waals surface area (Å²) in [6, 6.07) is 13.8. The quantitative estimate of drug-likeness (QED) is 0.851. The molecule has 0 unspecified atom stereocenters. The van der Waals surface area contributed by atoms with Crippen LogP contribution in [0.5, 0.6) is 0 Å². The molecule has 0 aliphatic carbocycles. The van der Waals surface area contributed by atoms with E-state index >= 15 is 0 Å². The Morgan fingerprint density at radius 2 is 1.67 bits per heavy atom. The Morgan fingerprint density at radius 1 is 1.08 bits per heavy atom. The number of nitrogens with one attached hydrogen (secondary N) is 1. The number of hydrogen-bond donors (Lipinski definition) is 1. The number of halogens is 1. The Balaban J connectivity index is 1.90. The van der Waals surface area contributed by atoms with E-state index < -0.39 is 9.84 Å². The van der Waals surface area contributed by atoms with Gasteiger partial charge in [-0.05, 0) is 48.7 Å². The highest BCUT2D eigenvalue weighted by Crippen LogP contribution is 2.17. The summed E-state index contributed by atoms with van der Waals surface area (Å²) in [4.78, 5) is 12.3. The second-order valence-corrected chi connectivity index (χ2v) is 8.21. The molecule has 0 fully saturated rings. The fraction of sp³-hybridized carbons (Fsp3) is 0.278. The van der Waals surface area contributed by atoms with E-state index in [4.69, 9.17) is 11.6 Å². The lowest BCUT2D eigenvalue weighted by Gasteiger charge is -2.15. The van der Waals surface area contributed by atoms with Gasteiger partial charge in [-0.25, -0.2) is 8.42 Å². The van der Waals surface area contributed by atoms with Gasteiger partial charge in [-0.2, -0.15) is 0 Å². The van der Waals surface area contributed by atoms with Crippen molar-refractivity contribution in [2.45, 2.75) is 30.7 Å². The van der Waals surface area contributed by atoms with Crippen LogP contribution in [0.2, 0.25) is 5.02 Å². The van der Waals surface area contributed by atoms with Crippen LogP contribution in [-0.4, -0.2) is 20.6 Å². The summed E-state index contributed by atoms with van der Waals surface area (Å²) in [6.07, 6.45) is 2.19. The molecule has 0 saturated carbocycles. The first kappa shape index (κ1) is 18.5.